The summed E-state index contributed by atoms with van der Waals surface area (Å²) < 4.78 is 4.75. The molecule has 0 N–H and O–H groups in total. The minimum atomic E-state index is -0.805. The largest absolute Gasteiger partial charge is 0.310 e. The smallest absolute Gasteiger partial charge is 0.137 e. The third-order valence-electron chi connectivity index (χ3n) is 17.3. The molecule has 1 aliphatic heterocycles. The summed E-state index contributed by atoms with van der Waals surface area (Å²) in [4.78, 5) is 17.4. The molecule has 84 heavy (non-hydrogen) atoms. The van der Waals surface area contributed by atoms with Crippen LogP contribution in [0.5, 0.6) is 0 Å². The second kappa shape index (κ2) is 18.9. The van der Waals surface area contributed by atoms with Crippen molar-refractivity contribution >= 4 is 95.1 Å². The summed E-state index contributed by atoms with van der Waals surface area (Å²) in [5, 5.41) is 4.71. The molecular formula is C77H51N7. The van der Waals surface area contributed by atoms with Gasteiger partial charge in [-0.15, -0.1) is 0 Å². The van der Waals surface area contributed by atoms with E-state index in [9.17, 15) is 0 Å². The summed E-state index contributed by atoms with van der Waals surface area (Å²) in [6.07, 6.45) is 3.79. The third-order valence-corrected chi connectivity index (χ3v) is 17.3. The van der Waals surface area contributed by atoms with E-state index >= 15 is 0 Å². The van der Waals surface area contributed by atoms with Crippen molar-refractivity contribution in [3.05, 3.63) is 332 Å². The van der Waals surface area contributed by atoms with Crippen molar-refractivity contribution in [2.24, 2.45) is 0 Å². The first kappa shape index (κ1) is 47.5. The molecule has 2 aliphatic rings. The Kier molecular flexibility index (Phi) is 10.7. The third kappa shape index (κ3) is 7.06. The highest BCUT2D eigenvalue weighted by atomic mass is 15.2. The fraction of sp³-hybridized carbons (Fsp3) is 0.0130. The minimum Gasteiger partial charge on any atom is -0.310 e. The highest BCUT2D eigenvalue weighted by molar-refractivity contribution is 6.12. The molecule has 394 valence electrons. The number of nitrogens with zero attached hydrogens (tertiary/aromatic N) is 7. The summed E-state index contributed by atoms with van der Waals surface area (Å²) >= 11 is 0. The Morgan fingerprint density at radius 3 is 1.10 bits per heavy atom. The van der Waals surface area contributed by atoms with E-state index in [-0.39, 0.29) is 0 Å². The van der Waals surface area contributed by atoms with Gasteiger partial charge in [-0.1, -0.05) is 152 Å². The molecule has 15 aromatic rings. The van der Waals surface area contributed by atoms with Gasteiger partial charge in [0, 0.05) is 73.8 Å². The van der Waals surface area contributed by atoms with Gasteiger partial charge in [-0.25, -0.2) is 9.97 Å². The topological polar surface area (TPSA) is 45.4 Å². The van der Waals surface area contributed by atoms with Crippen LogP contribution in [-0.4, -0.2) is 19.1 Å². The van der Waals surface area contributed by atoms with Crippen molar-refractivity contribution in [3.8, 4) is 22.5 Å². The highest BCUT2D eigenvalue weighted by Crippen LogP contribution is 2.65. The number of anilines is 9. The van der Waals surface area contributed by atoms with E-state index in [1.165, 1.54) is 54.9 Å². The maximum absolute atomic E-state index is 5.12. The first-order valence-corrected chi connectivity index (χ1v) is 28.6. The maximum Gasteiger partial charge on any atom is 0.137 e. The van der Waals surface area contributed by atoms with Gasteiger partial charge in [0.2, 0.25) is 0 Å². The summed E-state index contributed by atoms with van der Waals surface area (Å²) in [6.45, 7) is 0. The number of hydrogen-bond acceptors (Lipinski definition) is 5. The Morgan fingerprint density at radius 1 is 0.274 bits per heavy atom. The fourth-order valence-corrected chi connectivity index (χ4v) is 14.0. The minimum absolute atomic E-state index is 0.805. The first-order valence-electron chi connectivity index (χ1n) is 28.6. The number of hydrogen-bond donors (Lipinski definition) is 0. The monoisotopic (exact) mass is 1070 g/mol. The van der Waals surface area contributed by atoms with Crippen LogP contribution in [0.25, 0.3) is 66.1 Å². The van der Waals surface area contributed by atoms with Gasteiger partial charge in [0.05, 0.1) is 38.9 Å². The van der Waals surface area contributed by atoms with Crippen LogP contribution in [0, 0.1) is 0 Å². The molecule has 0 saturated carbocycles. The molecular weight excluding hydrogens is 1020 g/mol. The van der Waals surface area contributed by atoms with E-state index in [0.29, 0.717) is 0 Å². The number of rotatable bonds is 9. The van der Waals surface area contributed by atoms with Gasteiger partial charge in [0.15, 0.2) is 0 Å². The van der Waals surface area contributed by atoms with Crippen molar-refractivity contribution in [1.29, 1.82) is 0 Å². The fourth-order valence-electron chi connectivity index (χ4n) is 14.0. The van der Waals surface area contributed by atoms with E-state index in [0.717, 1.165) is 84.9 Å². The van der Waals surface area contributed by atoms with Crippen LogP contribution in [0.3, 0.4) is 0 Å². The Morgan fingerprint density at radius 2 is 0.643 bits per heavy atom. The summed E-state index contributed by atoms with van der Waals surface area (Å²) in [6, 6.07) is 108. The van der Waals surface area contributed by atoms with Crippen LogP contribution in [0.4, 0.5) is 51.4 Å². The van der Waals surface area contributed by atoms with Crippen molar-refractivity contribution in [2.45, 2.75) is 5.41 Å². The Balaban J connectivity index is 0.911. The summed E-state index contributed by atoms with van der Waals surface area (Å²) in [7, 11) is 0. The van der Waals surface area contributed by atoms with Gasteiger partial charge in [-0.2, -0.15) is 0 Å². The average Bonchev–Trinajstić information content (AvgIpc) is 1.47. The van der Waals surface area contributed by atoms with Crippen molar-refractivity contribution in [2.75, 3.05) is 14.7 Å². The Labute approximate surface area is 486 Å². The van der Waals surface area contributed by atoms with Crippen LogP contribution in [-0.2, 0) is 5.41 Å². The van der Waals surface area contributed by atoms with Crippen molar-refractivity contribution in [1.82, 2.24) is 19.1 Å². The molecule has 7 heteroatoms. The number of para-hydroxylation sites is 7. The molecule has 17 rings (SSSR count). The zero-order valence-corrected chi connectivity index (χ0v) is 45.6. The first-order chi connectivity index (χ1) is 41.7. The van der Waals surface area contributed by atoms with Crippen LogP contribution in [0.15, 0.2) is 310 Å². The lowest BCUT2D eigenvalue weighted by molar-refractivity contribution is 0.752. The molecule has 11 aromatic carbocycles. The molecule has 0 atom stereocenters. The number of pyridine rings is 2. The van der Waals surface area contributed by atoms with Crippen LogP contribution < -0.4 is 14.7 Å². The van der Waals surface area contributed by atoms with Crippen molar-refractivity contribution < 1.29 is 0 Å². The molecule has 1 spiro atoms. The van der Waals surface area contributed by atoms with Crippen LogP contribution in [0.1, 0.15) is 22.3 Å². The molecule has 0 saturated heterocycles. The second-order valence-corrected chi connectivity index (χ2v) is 21.7. The van der Waals surface area contributed by atoms with E-state index < -0.39 is 5.41 Å². The quantitative estimate of drug-likeness (QED) is 0.144. The van der Waals surface area contributed by atoms with E-state index in [4.69, 9.17) is 9.97 Å². The molecule has 1 aliphatic carbocycles. The maximum atomic E-state index is 5.12. The van der Waals surface area contributed by atoms with Gasteiger partial charge in [-0.3, -0.25) is 9.80 Å². The Hall–Kier alpha value is -11.3. The van der Waals surface area contributed by atoms with Gasteiger partial charge in [-0.05, 0) is 179 Å². The zero-order chi connectivity index (χ0) is 55.3. The van der Waals surface area contributed by atoms with E-state index in [2.05, 4.69) is 309 Å². The standard InChI is InChI=1S/C77H51N7/c1-4-22-52(23-5-1)82-69-32-14-10-28-61(69)63-48-55(40-44-71(63)82)80(75-36-18-20-46-78-75)57-38-42-59-60-43-39-58(51-68(60)77(67(59)50-57)65-30-12-16-34-73(65)84(54-26-8-3-9-27-54)74-35-17-13-31-66(74)77)81(76-37-19-21-47-79-76)56-41-45-72-64(49-56)62-29-11-15-33-70(62)83(72)53-24-6-2-7-25-53/h1-51H. The molecule has 4 aromatic heterocycles. The summed E-state index contributed by atoms with van der Waals surface area (Å²) in [5.41, 5.74) is 20.6. The Bertz CT molecular complexity index is 4740. The van der Waals surface area contributed by atoms with Crippen LogP contribution >= 0.6 is 0 Å². The number of benzene rings is 11. The van der Waals surface area contributed by atoms with Gasteiger partial charge < -0.3 is 14.0 Å². The number of aromatic nitrogens is 4. The molecule has 5 heterocycles. The molecule has 7 nitrogen and oxygen atoms in total. The summed E-state index contributed by atoms with van der Waals surface area (Å²) in [5.74, 6) is 1.65. The van der Waals surface area contributed by atoms with Gasteiger partial charge >= 0.3 is 0 Å². The zero-order valence-electron chi connectivity index (χ0n) is 45.6. The number of fused-ring (bicyclic) bond motifs is 15. The molecule has 0 radical (unpaired) electrons. The predicted octanol–water partition coefficient (Wildman–Crippen LogP) is 19.8. The normalized spacial score (nSPS) is 12.8. The van der Waals surface area contributed by atoms with Gasteiger partial charge in [0.25, 0.3) is 0 Å². The highest BCUT2D eigenvalue weighted by Gasteiger charge is 2.52. The van der Waals surface area contributed by atoms with Crippen molar-refractivity contribution in [3.63, 3.8) is 0 Å². The van der Waals surface area contributed by atoms with Crippen LogP contribution in [0.2, 0.25) is 0 Å². The van der Waals surface area contributed by atoms with E-state index in [1.54, 1.807) is 0 Å². The predicted molar refractivity (Wildman–Crippen MR) is 346 cm³/mol. The molecule has 0 unspecified atom stereocenters. The van der Waals surface area contributed by atoms with E-state index in [1.807, 2.05) is 24.5 Å². The molecule has 0 amide bonds. The molecule has 0 fully saturated rings. The lowest BCUT2D eigenvalue weighted by atomic mass is 9.64. The lowest BCUT2D eigenvalue weighted by Gasteiger charge is -2.45. The SMILES string of the molecule is c1ccc(N2c3ccccc3C3(c4cc(N(c5ccc6c(c5)c5ccccc5n6-c5ccccc5)c5ccccn5)ccc4-c4ccc(N(c5ccc6c(c5)c5ccccc5n6-c5ccccc5)c5ccccn5)cc43)c3ccccc32)cc1. The average molecular weight is 1070 g/mol. The van der Waals surface area contributed by atoms with Gasteiger partial charge in [0.1, 0.15) is 11.6 Å². The molecule has 0 bridgehead atoms. The second-order valence-electron chi connectivity index (χ2n) is 21.7. The lowest BCUT2D eigenvalue weighted by Crippen LogP contribution is -2.36.